The van der Waals surface area contributed by atoms with Gasteiger partial charge >= 0.3 is 0 Å². The number of aromatic nitrogens is 1. The first kappa shape index (κ1) is 19.3. The Morgan fingerprint density at radius 2 is 1.93 bits per heavy atom. The maximum Gasteiger partial charge on any atom is 0.269 e. The van der Waals surface area contributed by atoms with Gasteiger partial charge in [0.15, 0.2) is 5.17 Å². The van der Waals surface area contributed by atoms with E-state index < -0.39 is 10.9 Å². The van der Waals surface area contributed by atoms with Crippen molar-refractivity contribution in [3.8, 4) is 10.6 Å². The van der Waals surface area contributed by atoms with Crippen LogP contribution in [0.25, 0.3) is 10.6 Å². The summed E-state index contributed by atoms with van der Waals surface area (Å²) in [6.45, 7) is 0. The standard InChI is InChI=1S/C20H19N5O2S2/c1-29-13-21-24-20(29)23-17(11-14-7-9-16(10-8-14)25(26)27)18-12-28-19(22-18)15-5-3-2-4-6-15/h2-10,12-13,17,29H,11H2,1H3,(H,23,24). The Balaban J connectivity index is 1.60. The molecule has 29 heavy (non-hydrogen) atoms. The normalized spacial score (nSPS) is 17.7. The van der Waals surface area contributed by atoms with Crippen molar-refractivity contribution in [1.29, 1.82) is 0 Å². The van der Waals surface area contributed by atoms with E-state index in [9.17, 15) is 10.1 Å². The van der Waals surface area contributed by atoms with Gasteiger partial charge in [-0.25, -0.2) is 4.98 Å². The molecule has 0 amide bonds. The highest BCUT2D eigenvalue weighted by atomic mass is 32.2. The second-order valence-electron chi connectivity index (χ2n) is 6.53. The fourth-order valence-corrected chi connectivity index (χ4v) is 4.70. The molecule has 0 spiro atoms. The van der Waals surface area contributed by atoms with E-state index in [-0.39, 0.29) is 16.7 Å². The van der Waals surface area contributed by atoms with Gasteiger partial charge < -0.3 is 5.32 Å². The molecule has 7 nitrogen and oxygen atoms in total. The molecule has 4 rings (SSSR count). The summed E-state index contributed by atoms with van der Waals surface area (Å²) < 4.78 is 0. The minimum absolute atomic E-state index is 0.0870. The number of nitrogens with zero attached hydrogens (tertiary/aromatic N) is 4. The molecule has 2 aromatic carbocycles. The van der Waals surface area contributed by atoms with Gasteiger partial charge in [-0.2, -0.15) is 16.0 Å². The molecule has 0 radical (unpaired) electrons. The predicted octanol–water partition coefficient (Wildman–Crippen LogP) is 4.54. The third-order valence-corrected chi connectivity index (χ3v) is 6.75. The summed E-state index contributed by atoms with van der Waals surface area (Å²) in [7, 11) is -0.543. The van der Waals surface area contributed by atoms with Crippen molar-refractivity contribution in [2.24, 2.45) is 10.2 Å². The lowest BCUT2D eigenvalue weighted by atomic mass is 10.0. The highest BCUT2D eigenvalue weighted by Crippen LogP contribution is 2.30. The average molecular weight is 426 g/mol. The Kier molecular flexibility index (Phi) is 5.68. The Hall–Kier alpha value is -3.04. The molecular formula is C20H19N5O2S2. The van der Waals surface area contributed by atoms with Gasteiger partial charge in [0, 0.05) is 23.1 Å². The van der Waals surface area contributed by atoms with Crippen molar-refractivity contribution in [3.63, 3.8) is 0 Å². The van der Waals surface area contributed by atoms with Crippen LogP contribution >= 0.6 is 22.2 Å². The van der Waals surface area contributed by atoms with E-state index in [1.807, 2.05) is 35.9 Å². The first-order valence-corrected chi connectivity index (χ1v) is 11.7. The summed E-state index contributed by atoms with van der Waals surface area (Å²) in [5.74, 6) is 0. The van der Waals surface area contributed by atoms with E-state index in [0.29, 0.717) is 6.42 Å². The van der Waals surface area contributed by atoms with Crippen LogP contribution in [0.15, 0.2) is 70.2 Å². The molecule has 148 valence electrons. The predicted molar refractivity (Wildman–Crippen MR) is 121 cm³/mol. The molecule has 1 N–H and O–H groups in total. The number of thiol groups is 1. The van der Waals surface area contributed by atoms with Crippen molar-refractivity contribution in [2.75, 3.05) is 6.26 Å². The third kappa shape index (κ3) is 4.52. The second kappa shape index (κ2) is 8.54. The first-order valence-electron chi connectivity index (χ1n) is 8.95. The SMILES string of the molecule is C[SH]1C=NN=C1NC(Cc1ccc([N+](=O)[O-])cc1)c1csc(-c2ccccc2)n1. The molecule has 2 atom stereocenters. The van der Waals surface area contributed by atoms with Gasteiger partial charge in [-0.05, 0) is 18.2 Å². The topological polar surface area (TPSA) is 92.8 Å². The van der Waals surface area contributed by atoms with Gasteiger partial charge in [0.2, 0.25) is 0 Å². The molecule has 3 aromatic rings. The molecule has 1 aliphatic heterocycles. The highest BCUT2D eigenvalue weighted by Gasteiger charge is 2.21. The smallest absolute Gasteiger partial charge is 0.269 e. The molecule has 1 aromatic heterocycles. The van der Waals surface area contributed by atoms with Gasteiger partial charge in [0.25, 0.3) is 5.69 Å². The molecule has 1 aliphatic rings. The molecule has 2 heterocycles. The number of nitrogens with one attached hydrogen (secondary N) is 1. The maximum absolute atomic E-state index is 10.9. The lowest BCUT2D eigenvalue weighted by molar-refractivity contribution is -0.384. The number of hydrogen-bond donors (Lipinski definition) is 2. The Labute approximate surface area is 174 Å². The van der Waals surface area contributed by atoms with E-state index in [0.717, 1.165) is 27.0 Å². The highest BCUT2D eigenvalue weighted by molar-refractivity contribution is 8.39. The number of rotatable bonds is 6. The zero-order valence-corrected chi connectivity index (χ0v) is 17.3. The summed E-state index contributed by atoms with van der Waals surface area (Å²) in [5.41, 5.74) is 4.94. The molecule has 2 unspecified atom stereocenters. The van der Waals surface area contributed by atoms with E-state index >= 15 is 0 Å². The minimum Gasteiger partial charge on any atom is -0.356 e. The number of non-ortho nitro benzene ring substituents is 1. The van der Waals surface area contributed by atoms with E-state index in [1.165, 1.54) is 12.1 Å². The van der Waals surface area contributed by atoms with E-state index in [4.69, 9.17) is 4.98 Å². The van der Waals surface area contributed by atoms with Gasteiger partial charge in [0.1, 0.15) is 5.01 Å². The first-order chi connectivity index (χ1) is 14.1. The van der Waals surface area contributed by atoms with Gasteiger partial charge in [-0.1, -0.05) is 42.5 Å². The lowest BCUT2D eigenvalue weighted by Crippen LogP contribution is -2.29. The zero-order chi connectivity index (χ0) is 20.2. The monoisotopic (exact) mass is 425 g/mol. The van der Waals surface area contributed by atoms with Crippen molar-refractivity contribution in [2.45, 2.75) is 12.5 Å². The zero-order valence-electron chi connectivity index (χ0n) is 15.6. The van der Waals surface area contributed by atoms with Crippen LogP contribution in [0.3, 0.4) is 0 Å². The van der Waals surface area contributed by atoms with Gasteiger partial charge in [-0.3, -0.25) is 10.1 Å². The van der Waals surface area contributed by atoms with Crippen LogP contribution in [-0.4, -0.2) is 26.9 Å². The molecule has 9 heteroatoms. The van der Waals surface area contributed by atoms with Crippen molar-refractivity contribution in [1.82, 2.24) is 10.3 Å². The largest absolute Gasteiger partial charge is 0.356 e. The molecular weight excluding hydrogens is 406 g/mol. The average Bonchev–Trinajstić information content (AvgIpc) is 3.38. The number of thiazole rings is 1. The van der Waals surface area contributed by atoms with E-state index in [1.54, 1.807) is 23.5 Å². The Morgan fingerprint density at radius 3 is 2.59 bits per heavy atom. The van der Waals surface area contributed by atoms with Crippen LogP contribution in [-0.2, 0) is 6.42 Å². The van der Waals surface area contributed by atoms with Crippen LogP contribution in [0, 0.1) is 10.1 Å². The maximum atomic E-state index is 10.9. The van der Waals surface area contributed by atoms with Gasteiger partial charge in [-0.15, -0.1) is 16.4 Å². The second-order valence-corrected chi connectivity index (χ2v) is 9.27. The summed E-state index contributed by atoms with van der Waals surface area (Å²) in [4.78, 5) is 15.4. The molecule has 0 aliphatic carbocycles. The lowest BCUT2D eigenvalue weighted by Gasteiger charge is -2.20. The number of hydrogen-bond acceptors (Lipinski definition) is 7. The summed E-state index contributed by atoms with van der Waals surface area (Å²) in [5, 5.41) is 26.5. The number of nitro groups is 1. The van der Waals surface area contributed by atoms with Crippen molar-refractivity contribution >= 4 is 38.6 Å². The Bertz CT molecular complexity index is 1060. The minimum atomic E-state index is -0.543. The summed E-state index contributed by atoms with van der Waals surface area (Å²) >= 11 is 1.60. The number of benzene rings is 2. The van der Waals surface area contributed by atoms with Gasteiger partial charge in [0.05, 0.1) is 22.2 Å². The molecule has 0 fully saturated rings. The number of nitro benzene ring substituents is 1. The summed E-state index contributed by atoms with van der Waals surface area (Å²) in [6, 6.07) is 16.6. The van der Waals surface area contributed by atoms with E-state index in [2.05, 4.69) is 27.2 Å². The fraction of sp³-hybridized carbons (Fsp3) is 0.150. The third-order valence-electron chi connectivity index (χ3n) is 4.50. The van der Waals surface area contributed by atoms with Crippen LogP contribution in [0.4, 0.5) is 5.69 Å². The fourth-order valence-electron chi connectivity index (χ4n) is 2.95. The van der Waals surface area contributed by atoms with Crippen molar-refractivity contribution < 1.29 is 4.92 Å². The van der Waals surface area contributed by atoms with Crippen LogP contribution in [0.5, 0.6) is 0 Å². The van der Waals surface area contributed by atoms with Crippen LogP contribution in [0.1, 0.15) is 17.3 Å². The van der Waals surface area contributed by atoms with Crippen LogP contribution in [0.2, 0.25) is 0 Å². The Morgan fingerprint density at radius 1 is 1.17 bits per heavy atom. The molecule has 0 saturated heterocycles. The summed E-state index contributed by atoms with van der Waals surface area (Å²) in [6.07, 6.45) is 2.73. The van der Waals surface area contributed by atoms with Crippen molar-refractivity contribution in [3.05, 3.63) is 81.3 Å². The quantitative estimate of drug-likeness (QED) is 0.345. The molecule has 0 saturated carbocycles. The number of amidine groups is 1. The molecule has 0 bridgehead atoms. The van der Waals surface area contributed by atoms with Crippen LogP contribution < -0.4 is 5.32 Å².